The Hall–Kier alpha value is 0.270. The van der Waals surface area contributed by atoms with E-state index in [-0.39, 0.29) is 0 Å². The summed E-state index contributed by atoms with van der Waals surface area (Å²) >= 11 is 2.07. The van der Waals surface area contributed by atoms with Crippen molar-refractivity contribution in [3.05, 3.63) is 0 Å². The second-order valence-electron chi connectivity index (χ2n) is 6.18. The Labute approximate surface area is 118 Å². The molecule has 0 spiro atoms. The van der Waals surface area contributed by atoms with Gasteiger partial charge in [-0.1, -0.05) is 27.2 Å². The maximum atomic E-state index is 3.74. The highest BCUT2D eigenvalue weighted by atomic mass is 32.2. The fourth-order valence-corrected chi connectivity index (χ4v) is 3.23. The van der Waals surface area contributed by atoms with Crippen molar-refractivity contribution < 1.29 is 0 Å². The first kappa shape index (κ1) is 16.3. The Kier molecular flexibility index (Phi) is 7.04. The van der Waals surface area contributed by atoms with Crippen LogP contribution in [0.15, 0.2) is 0 Å². The lowest BCUT2D eigenvalue weighted by Gasteiger charge is -2.47. The minimum absolute atomic E-state index is 0.320. The highest BCUT2D eigenvalue weighted by Crippen LogP contribution is 2.23. The molecule has 0 aromatic rings. The third-order valence-corrected chi connectivity index (χ3v) is 5.31. The zero-order valence-corrected chi connectivity index (χ0v) is 13.8. The van der Waals surface area contributed by atoms with Crippen LogP contribution in [0.1, 0.15) is 47.5 Å². The summed E-state index contributed by atoms with van der Waals surface area (Å²) in [4.78, 5) is 2.70. The van der Waals surface area contributed by atoms with Crippen LogP contribution in [0.25, 0.3) is 0 Å². The molecule has 2 atom stereocenters. The van der Waals surface area contributed by atoms with Crippen LogP contribution in [0.2, 0.25) is 0 Å². The van der Waals surface area contributed by atoms with Crippen LogP contribution in [-0.2, 0) is 0 Å². The van der Waals surface area contributed by atoms with E-state index in [9.17, 15) is 0 Å². The average Bonchev–Trinajstić information content (AvgIpc) is 2.35. The molecule has 1 aliphatic heterocycles. The molecule has 1 saturated heterocycles. The Morgan fingerprint density at radius 1 is 1.39 bits per heavy atom. The molecule has 0 amide bonds. The molecule has 3 heteroatoms. The summed E-state index contributed by atoms with van der Waals surface area (Å²) in [5.41, 5.74) is 0.320. The van der Waals surface area contributed by atoms with E-state index in [0.29, 0.717) is 11.6 Å². The van der Waals surface area contributed by atoms with E-state index in [2.05, 4.69) is 56.6 Å². The van der Waals surface area contributed by atoms with Crippen LogP contribution >= 0.6 is 11.8 Å². The maximum Gasteiger partial charge on any atom is 0.0278 e. The van der Waals surface area contributed by atoms with Crippen molar-refractivity contribution in [3.8, 4) is 0 Å². The molecule has 108 valence electrons. The van der Waals surface area contributed by atoms with Crippen LogP contribution in [0.4, 0.5) is 0 Å². The van der Waals surface area contributed by atoms with Crippen LogP contribution in [0.5, 0.6) is 0 Å². The Morgan fingerprint density at radius 2 is 2.11 bits per heavy atom. The lowest BCUT2D eigenvalue weighted by atomic mass is 9.91. The third-order valence-electron chi connectivity index (χ3n) is 4.32. The fraction of sp³-hybridized carbons (Fsp3) is 1.00. The van der Waals surface area contributed by atoms with Gasteiger partial charge in [0.1, 0.15) is 0 Å². The number of nitrogens with one attached hydrogen (secondary N) is 1. The van der Waals surface area contributed by atoms with Crippen LogP contribution in [0.3, 0.4) is 0 Å². The van der Waals surface area contributed by atoms with Gasteiger partial charge in [-0.25, -0.2) is 0 Å². The standard InChI is InChI=1S/C15H32N2S/c1-6-13(3)14-11-17(9-8-10-18-7-2)15(4,5)12-16-14/h13-14,16H,6-12H2,1-5H3. The molecule has 0 aliphatic carbocycles. The van der Waals surface area contributed by atoms with Gasteiger partial charge >= 0.3 is 0 Å². The molecule has 0 radical (unpaired) electrons. The molecule has 1 aliphatic rings. The third kappa shape index (κ3) is 4.75. The fourth-order valence-electron chi connectivity index (χ4n) is 2.60. The van der Waals surface area contributed by atoms with Gasteiger partial charge in [-0.05, 0) is 44.2 Å². The molecule has 2 unspecified atom stereocenters. The summed E-state index contributed by atoms with van der Waals surface area (Å²) < 4.78 is 0. The van der Waals surface area contributed by atoms with E-state index >= 15 is 0 Å². The molecule has 18 heavy (non-hydrogen) atoms. The smallest absolute Gasteiger partial charge is 0.0278 e. The molecule has 0 aromatic heterocycles. The van der Waals surface area contributed by atoms with Crippen molar-refractivity contribution in [2.24, 2.45) is 5.92 Å². The largest absolute Gasteiger partial charge is 0.311 e. The molecule has 1 fully saturated rings. The highest BCUT2D eigenvalue weighted by Gasteiger charge is 2.34. The van der Waals surface area contributed by atoms with Crippen molar-refractivity contribution >= 4 is 11.8 Å². The predicted molar refractivity (Wildman–Crippen MR) is 84.5 cm³/mol. The number of hydrogen-bond donors (Lipinski definition) is 1. The van der Waals surface area contributed by atoms with Gasteiger partial charge in [-0.3, -0.25) is 4.90 Å². The van der Waals surface area contributed by atoms with Crippen molar-refractivity contribution in [3.63, 3.8) is 0 Å². The van der Waals surface area contributed by atoms with Gasteiger partial charge in [-0.2, -0.15) is 11.8 Å². The van der Waals surface area contributed by atoms with Crippen molar-refractivity contribution in [1.82, 2.24) is 10.2 Å². The van der Waals surface area contributed by atoms with E-state index < -0.39 is 0 Å². The molecule has 0 saturated carbocycles. The first-order valence-electron chi connectivity index (χ1n) is 7.57. The SMILES string of the molecule is CCSCCCN1CC(C(C)CC)NCC1(C)C. The van der Waals surface area contributed by atoms with Gasteiger partial charge in [0.15, 0.2) is 0 Å². The summed E-state index contributed by atoms with van der Waals surface area (Å²) in [5.74, 6) is 3.35. The van der Waals surface area contributed by atoms with Gasteiger partial charge in [-0.15, -0.1) is 0 Å². The highest BCUT2D eigenvalue weighted by molar-refractivity contribution is 7.99. The topological polar surface area (TPSA) is 15.3 Å². The zero-order chi connectivity index (χ0) is 13.6. The first-order valence-corrected chi connectivity index (χ1v) is 8.73. The monoisotopic (exact) mass is 272 g/mol. The number of thioether (sulfide) groups is 1. The molecule has 1 heterocycles. The zero-order valence-electron chi connectivity index (χ0n) is 13.0. The summed E-state index contributed by atoms with van der Waals surface area (Å²) in [6.45, 7) is 15.3. The van der Waals surface area contributed by atoms with Crippen LogP contribution in [0, 0.1) is 5.92 Å². The Bertz CT molecular complexity index is 231. The Morgan fingerprint density at radius 3 is 2.72 bits per heavy atom. The normalized spacial score (nSPS) is 26.2. The van der Waals surface area contributed by atoms with E-state index in [4.69, 9.17) is 0 Å². The van der Waals surface area contributed by atoms with Crippen LogP contribution in [-0.4, -0.2) is 47.6 Å². The van der Waals surface area contributed by atoms with E-state index in [1.807, 2.05) is 0 Å². The predicted octanol–water partition coefficient (Wildman–Crippen LogP) is 3.23. The van der Waals surface area contributed by atoms with Crippen LogP contribution < -0.4 is 5.32 Å². The Balaban J connectivity index is 2.44. The summed E-state index contributed by atoms with van der Waals surface area (Å²) in [6.07, 6.45) is 2.60. The lowest BCUT2D eigenvalue weighted by molar-refractivity contribution is 0.0524. The number of piperazine rings is 1. The summed E-state index contributed by atoms with van der Waals surface area (Å²) in [6, 6.07) is 0.682. The maximum absolute atomic E-state index is 3.74. The van der Waals surface area contributed by atoms with E-state index in [1.165, 1.54) is 37.4 Å². The minimum Gasteiger partial charge on any atom is -0.311 e. The van der Waals surface area contributed by atoms with Crippen molar-refractivity contribution in [1.29, 1.82) is 0 Å². The van der Waals surface area contributed by atoms with E-state index in [1.54, 1.807) is 0 Å². The second kappa shape index (κ2) is 7.76. The van der Waals surface area contributed by atoms with Gasteiger partial charge in [0.2, 0.25) is 0 Å². The average molecular weight is 273 g/mol. The quantitative estimate of drug-likeness (QED) is 0.716. The molecule has 1 rings (SSSR count). The summed E-state index contributed by atoms with van der Waals surface area (Å²) in [7, 11) is 0. The molecule has 0 bridgehead atoms. The van der Waals surface area contributed by atoms with E-state index in [0.717, 1.165) is 12.5 Å². The van der Waals surface area contributed by atoms with Gasteiger partial charge in [0, 0.05) is 24.7 Å². The lowest BCUT2D eigenvalue weighted by Crippen LogP contribution is -2.63. The number of rotatable bonds is 7. The first-order chi connectivity index (χ1) is 8.51. The number of hydrogen-bond acceptors (Lipinski definition) is 3. The summed E-state index contributed by atoms with van der Waals surface area (Å²) in [5, 5.41) is 3.74. The van der Waals surface area contributed by atoms with Gasteiger partial charge in [0.25, 0.3) is 0 Å². The molecular weight excluding hydrogens is 240 g/mol. The number of nitrogens with zero attached hydrogens (tertiary/aromatic N) is 1. The second-order valence-corrected chi connectivity index (χ2v) is 7.58. The van der Waals surface area contributed by atoms with Crippen molar-refractivity contribution in [2.45, 2.75) is 59.0 Å². The molecular formula is C15H32N2S. The van der Waals surface area contributed by atoms with Crippen molar-refractivity contribution in [2.75, 3.05) is 31.1 Å². The molecule has 2 nitrogen and oxygen atoms in total. The molecule has 0 aromatic carbocycles. The molecule has 1 N–H and O–H groups in total. The van der Waals surface area contributed by atoms with Gasteiger partial charge < -0.3 is 5.32 Å². The minimum atomic E-state index is 0.320. The van der Waals surface area contributed by atoms with Gasteiger partial charge in [0.05, 0.1) is 0 Å².